The van der Waals surface area contributed by atoms with E-state index in [2.05, 4.69) is 27.5 Å². The van der Waals surface area contributed by atoms with Crippen molar-refractivity contribution in [1.82, 2.24) is 9.97 Å². The second-order valence-electron chi connectivity index (χ2n) is 6.30. The maximum atomic E-state index is 12.4. The van der Waals surface area contributed by atoms with Crippen molar-refractivity contribution in [1.29, 1.82) is 0 Å². The first kappa shape index (κ1) is 19.4. The molecule has 144 valence electrons. The molecule has 2 N–H and O–H groups in total. The summed E-state index contributed by atoms with van der Waals surface area (Å²) in [7, 11) is 0. The van der Waals surface area contributed by atoms with Gasteiger partial charge in [-0.05, 0) is 42.3 Å². The van der Waals surface area contributed by atoms with Crippen LogP contribution in [-0.2, 0) is 6.61 Å². The Labute approximate surface area is 165 Å². The summed E-state index contributed by atoms with van der Waals surface area (Å²) in [4.78, 5) is 20.8. The summed E-state index contributed by atoms with van der Waals surface area (Å²) in [5.41, 5.74) is 2.10. The zero-order chi connectivity index (χ0) is 19.6. The fraction of sp³-hybridized carbons (Fsp3) is 0.227. The highest BCUT2D eigenvalue weighted by Crippen LogP contribution is 2.17. The number of carbonyl (C=O) groups is 1. The Morgan fingerprint density at radius 1 is 1.04 bits per heavy atom. The lowest BCUT2D eigenvalue weighted by atomic mass is 10.2. The highest BCUT2D eigenvalue weighted by atomic mass is 16.5. The van der Waals surface area contributed by atoms with Gasteiger partial charge in [-0.3, -0.25) is 4.79 Å². The number of amides is 1. The summed E-state index contributed by atoms with van der Waals surface area (Å²) in [5, 5.41) is 5.96. The summed E-state index contributed by atoms with van der Waals surface area (Å²) in [6.45, 7) is 3.40. The van der Waals surface area contributed by atoms with Crippen molar-refractivity contribution in [2.75, 3.05) is 17.2 Å². The number of rotatable bonds is 9. The van der Waals surface area contributed by atoms with Crippen molar-refractivity contribution in [3.05, 3.63) is 78.1 Å². The zero-order valence-corrected chi connectivity index (χ0v) is 15.9. The molecule has 1 amide bonds. The van der Waals surface area contributed by atoms with Crippen LogP contribution in [0.3, 0.4) is 0 Å². The van der Waals surface area contributed by atoms with Crippen LogP contribution in [0.2, 0.25) is 0 Å². The molecule has 0 fully saturated rings. The molecule has 1 heterocycles. The van der Waals surface area contributed by atoms with Gasteiger partial charge in [-0.1, -0.05) is 43.7 Å². The Kier molecular flexibility index (Phi) is 6.95. The quantitative estimate of drug-likeness (QED) is 0.537. The zero-order valence-electron chi connectivity index (χ0n) is 15.9. The van der Waals surface area contributed by atoms with Crippen LogP contribution in [0.25, 0.3) is 0 Å². The van der Waals surface area contributed by atoms with E-state index >= 15 is 0 Å². The van der Waals surface area contributed by atoms with Gasteiger partial charge in [-0.15, -0.1) is 0 Å². The SMILES string of the molecule is CCCCNc1nccc(C(=O)Nc2ccc(OCc3ccccc3)cc2)n1. The number of nitrogens with one attached hydrogen (secondary N) is 2. The summed E-state index contributed by atoms with van der Waals surface area (Å²) >= 11 is 0. The average molecular weight is 376 g/mol. The maximum Gasteiger partial charge on any atom is 0.274 e. The molecular weight excluding hydrogens is 352 g/mol. The Bertz CT molecular complexity index is 883. The number of ether oxygens (including phenoxy) is 1. The van der Waals surface area contributed by atoms with Crippen molar-refractivity contribution < 1.29 is 9.53 Å². The molecule has 2 aromatic carbocycles. The molecule has 1 aromatic heterocycles. The predicted octanol–water partition coefficient (Wildman–Crippen LogP) is 4.52. The van der Waals surface area contributed by atoms with E-state index in [1.165, 1.54) is 0 Å². The van der Waals surface area contributed by atoms with E-state index in [0.29, 0.717) is 23.9 Å². The van der Waals surface area contributed by atoms with Gasteiger partial charge in [-0.2, -0.15) is 0 Å². The van der Waals surface area contributed by atoms with Crippen LogP contribution in [0, 0.1) is 0 Å². The topological polar surface area (TPSA) is 76.1 Å². The molecule has 0 radical (unpaired) electrons. The van der Waals surface area contributed by atoms with Crippen LogP contribution in [0.4, 0.5) is 11.6 Å². The highest BCUT2D eigenvalue weighted by Gasteiger charge is 2.09. The van der Waals surface area contributed by atoms with Gasteiger partial charge in [0.1, 0.15) is 18.1 Å². The molecular formula is C22H24N4O2. The fourth-order valence-corrected chi connectivity index (χ4v) is 2.52. The normalized spacial score (nSPS) is 10.3. The van der Waals surface area contributed by atoms with E-state index in [-0.39, 0.29) is 5.91 Å². The third-order valence-electron chi connectivity index (χ3n) is 4.06. The molecule has 0 saturated carbocycles. The van der Waals surface area contributed by atoms with Gasteiger partial charge in [0.15, 0.2) is 0 Å². The molecule has 6 nitrogen and oxygen atoms in total. The van der Waals surface area contributed by atoms with Gasteiger partial charge in [0, 0.05) is 18.4 Å². The van der Waals surface area contributed by atoms with Gasteiger partial charge in [-0.25, -0.2) is 9.97 Å². The van der Waals surface area contributed by atoms with Crippen molar-refractivity contribution >= 4 is 17.5 Å². The van der Waals surface area contributed by atoms with Gasteiger partial charge < -0.3 is 15.4 Å². The lowest BCUT2D eigenvalue weighted by Gasteiger charge is -2.09. The van der Waals surface area contributed by atoms with Gasteiger partial charge >= 0.3 is 0 Å². The van der Waals surface area contributed by atoms with Gasteiger partial charge in [0.05, 0.1) is 0 Å². The Morgan fingerprint density at radius 3 is 2.57 bits per heavy atom. The van der Waals surface area contributed by atoms with Crippen molar-refractivity contribution in [3.8, 4) is 5.75 Å². The minimum atomic E-state index is -0.279. The number of hydrogen-bond acceptors (Lipinski definition) is 5. The van der Waals surface area contributed by atoms with E-state index in [1.807, 2.05) is 42.5 Å². The number of benzene rings is 2. The van der Waals surface area contributed by atoms with Crippen LogP contribution in [-0.4, -0.2) is 22.4 Å². The summed E-state index contributed by atoms with van der Waals surface area (Å²) < 4.78 is 5.76. The second kappa shape index (κ2) is 10.1. The maximum absolute atomic E-state index is 12.4. The van der Waals surface area contributed by atoms with Gasteiger partial charge in [0.25, 0.3) is 5.91 Å². The fourth-order valence-electron chi connectivity index (χ4n) is 2.52. The average Bonchev–Trinajstić information content (AvgIpc) is 2.74. The third-order valence-corrected chi connectivity index (χ3v) is 4.06. The number of carbonyl (C=O) groups excluding carboxylic acids is 1. The molecule has 0 aliphatic rings. The third kappa shape index (κ3) is 5.81. The molecule has 0 aliphatic carbocycles. The molecule has 0 saturated heterocycles. The molecule has 28 heavy (non-hydrogen) atoms. The summed E-state index contributed by atoms with van der Waals surface area (Å²) in [6, 6.07) is 18.8. The number of nitrogens with zero attached hydrogens (tertiary/aromatic N) is 2. The monoisotopic (exact) mass is 376 g/mol. The molecule has 6 heteroatoms. The summed E-state index contributed by atoms with van der Waals surface area (Å²) in [5.74, 6) is 0.927. The standard InChI is InChI=1S/C22H24N4O2/c1-2-3-14-23-22-24-15-13-20(26-22)21(27)25-18-9-11-19(12-10-18)28-16-17-7-5-4-6-8-17/h4-13,15H,2-3,14,16H2,1H3,(H,25,27)(H,23,24,26). The van der Waals surface area contributed by atoms with E-state index in [0.717, 1.165) is 30.7 Å². The lowest BCUT2D eigenvalue weighted by molar-refractivity contribution is 0.102. The van der Waals surface area contributed by atoms with Crippen LogP contribution >= 0.6 is 0 Å². The molecule has 0 aliphatic heterocycles. The van der Waals surface area contributed by atoms with E-state index in [1.54, 1.807) is 24.4 Å². The molecule has 3 aromatic rings. The number of hydrogen-bond donors (Lipinski definition) is 2. The second-order valence-corrected chi connectivity index (χ2v) is 6.30. The highest BCUT2D eigenvalue weighted by molar-refractivity contribution is 6.02. The lowest BCUT2D eigenvalue weighted by Crippen LogP contribution is -2.15. The number of anilines is 2. The van der Waals surface area contributed by atoms with Crippen LogP contribution in [0.15, 0.2) is 66.9 Å². The molecule has 0 spiro atoms. The minimum absolute atomic E-state index is 0.279. The van der Waals surface area contributed by atoms with E-state index < -0.39 is 0 Å². The van der Waals surface area contributed by atoms with Gasteiger partial charge in [0.2, 0.25) is 5.95 Å². The van der Waals surface area contributed by atoms with Crippen LogP contribution < -0.4 is 15.4 Å². The molecule has 0 unspecified atom stereocenters. The largest absolute Gasteiger partial charge is 0.489 e. The van der Waals surface area contributed by atoms with Crippen molar-refractivity contribution in [3.63, 3.8) is 0 Å². The summed E-state index contributed by atoms with van der Waals surface area (Å²) in [6.07, 6.45) is 3.69. The molecule has 0 atom stereocenters. The first-order valence-corrected chi connectivity index (χ1v) is 9.39. The Morgan fingerprint density at radius 2 is 1.82 bits per heavy atom. The first-order valence-electron chi connectivity index (χ1n) is 9.39. The van der Waals surface area contributed by atoms with Crippen molar-refractivity contribution in [2.24, 2.45) is 0 Å². The predicted molar refractivity (Wildman–Crippen MR) is 111 cm³/mol. The minimum Gasteiger partial charge on any atom is -0.489 e. The van der Waals surface area contributed by atoms with Crippen LogP contribution in [0.5, 0.6) is 5.75 Å². The Hall–Kier alpha value is -3.41. The molecule has 3 rings (SSSR count). The number of aromatic nitrogens is 2. The number of unbranched alkanes of at least 4 members (excludes halogenated alkanes) is 1. The molecule has 0 bridgehead atoms. The van der Waals surface area contributed by atoms with E-state index in [9.17, 15) is 4.79 Å². The smallest absolute Gasteiger partial charge is 0.274 e. The van der Waals surface area contributed by atoms with E-state index in [4.69, 9.17) is 4.74 Å². The van der Waals surface area contributed by atoms with Crippen molar-refractivity contribution in [2.45, 2.75) is 26.4 Å². The first-order chi connectivity index (χ1) is 13.7. The Balaban J connectivity index is 1.54. The van der Waals surface area contributed by atoms with Crippen LogP contribution in [0.1, 0.15) is 35.8 Å².